The average molecular weight is 478 g/mol. The summed E-state index contributed by atoms with van der Waals surface area (Å²) in [6.07, 6.45) is 5.25. The van der Waals surface area contributed by atoms with Gasteiger partial charge >= 0.3 is 6.03 Å². The van der Waals surface area contributed by atoms with Crippen molar-refractivity contribution in [2.24, 2.45) is 10.9 Å². The first-order valence-corrected chi connectivity index (χ1v) is 9.43. The van der Waals surface area contributed by atoms with E-state index in [1.165, 1.54) is 50.2 Å². The molecule has 3 fully saturated rings. The fraction of sp³-hybridized carbons (Fsp3) is 0.824. The van der Waals surface area contributed by atoms with Crippen molar-refractivity contribution in [2.45, 2.75) is 25.7 Å². The second-order valence-electron chi connectivity index (χ2n) is 7.14. The van der Waals surface area contributed by atoms with Crippen molar-refractivity contribution in [3.8, 4) is 0 Å². The van der Waals surface area contributed by atoms with Crippen LogP contribution in [0.5, 0.6) is 0 Å². The number of imide groups is 1. The summed E-state index contributed by atoms with van der Waals surface area (Å²) in [5.74, 6) is 1.40. The molecule has 0 aromatic rings. The van der Waals surface area contributed by atoms with Crippen molar-refractivity contribution in [1.29, 1.82) is 0 Å². The summed E-state index contributed by atoms with van der Waals surface area (Å²) in [6.45, 7) is 6.73. The number of halogens is 1. The maximum Gasteiger partial charge on any atom is 0.324 e. The summed E-state index contributed by atoms with van der Waals surface area (Å²) in [6, 6.07) is -0.301. The number of rotatable bonds is 5. The third kappa shape index (κ3) is 5.45. The number of carbonyl (C=O) groups is 2. The molecule has 3 heterocycles. The Morgan fingerprint density at radius 1 is 1.23 bits per heavy atom. The van der Waals surface area contributed by atoms with E-state index >= 15 is 0 Å². The summed E-state index contributed by atoms with van der Waals surface area (Å²) >= 11 is 0. The largest absolute Gasteiger partial charge is 0.354 e. The first-order chi connectivity index (χ1) is 12.2. The Morgan fingerprint density at radius 2 is 2.00 bits per heavy atom. The van der Waals surface area contributed by atoms with E-state index in [0.29, 0.717) is 19.0 Å². The predicted octanol–water partition coefficient (Wildman–Crippen LogP) is 0.539. The van der Waals surface area contributed by atoms with Crippen LogP contribution in [0.4, 0.5) is 4.79 Å². The quantitative estimate of drug-likeness (QED) is 0.261. The Morgan fingerprint density at radius 3 is 2.65 bits per heavy atom. The Hall–Kier alpha value is -1.10. The number of hydrogen-bond acceptors (Lipinski definition) is 4. The van der Waals surface area contributed by atoms with Crippen LogP contribution in [-0.4, -0.2) is 92.0 Å². The van der Waals surface area contributed by atoms with Gasteiger partial charge in [-0.1, -0.05) is 6.42 Å². The molecular weight excluding hydrogens is 447 g/mol. The number of urea groups is 1. The summed E-state index contributed by atoms with van der Waals surface area (Å²) in [5, 5.41) is 5.83. The van der Waals surface area contributed by atoms with E-state index in [4.69, 9.17) is 0 Å². The highest BCUT2D eigenvalue weighted by Gasteiger charge is 2.29. The molecule has 1 unspecified atom stereocenters. The van der Waals surface area contributed by atoms with Crippen molar-refractivity contribution in [3.63, 3.8) is 0 Å². The Balaban J connectivity index is 0.00000243. The third-order valence-electron chi connectivity index (χ3n) is 5.32. The lowest BCUT2D eigenvalue weighted by Crippen LogP contribution is -2.45. The fourth-order valence-corrected chi connectivity index (χ4v) is 3.97. The fourth-order valence-electron chi connectivity index (χ4n) is 3.97. The van der Waals surface area contributed by atoms with Gasteiger partial charge in [-0.25, -0.2) is 4.79 Å². The van der Waals surface area contributed by atoms with Crippen LogP contribution in [0.2, 0.25) is 0 Å². The van der Waals surface area contributed by atoms with E-state index in [2.05, 4.69) is 25.4 Å². The zero-order chi connectivity index (χ0) is 17.6. The van der Waals surface area contributed by atoms with Crippen molar-refractivity contribution < 1.29 is 9.59 Å². The Kier molecular flexibility index (Phi) is 8.39. The molecule has 3 aliphatic heterocycles. The van der Waals surface area contributed by atoms with Gasteiger partial charge in [0.05, 0.1) is 6.54 Å². The molecule has 0 aromatic carbocycles. The van der Waals surface area contributed by atoms with Gasteiger partial charge in [-0.2, -0.15) is 0 Å². The smallest absolute Gasteiger partial charge is 0.324 e. The number of nitrogens with zero attached hydrogens (tertiary/aromatic N) is 4. The summed E-state index contributed by atoms with van der Waals surface area (Å²) in [4.78, 5) is 33.6. The molecule has 9 heteroatoms. The molecule has 0 radical (unpaired) electrons. The normalized spacial score (nSPS) is 24.7. The summed E-state index contributed by atoms with van der Waals surface area (Å²) in [5.41, 5.74) is 0. The van der Waals surface area contributed by atoms with Crippen LogP contribution >= 0.6 is 24.0 Å². The monoisotopic (exact) mass is 478 g/mol. The molecule has 1 atom stereocenters. The van der Waals surface area contributed by atoms with E-state index in [1.807, 2.05) is 0 Å². The van der Waals surface area contributed by atoms with Crippen LogP contribution < -0.4 is 10.6 Å². The van der Waals surface area contributed by atoms with E-state index < -0.39 is 0 Å². The van der Waals surface area contributed by atoms with Gasteiger partial charge in [0.25, 0.3) is 0 Å². The molecule has 3 rings (SSSR count). The van der Waals surface area contributed by atoms with Gasteiger partial charge in [0, 0.05) is 39.8 Å². The SMILES string of the molecule is CN=C(NCCN1C(=O)CNC1=O)N1CCC(CN2CCCCC2)C1.I. The molecule has 2 N–H and O–H groups in total. The van der Waals surface area contributed by atoms with Gasteiger partial charge < -0.3 is 20.4 Å². The first-order valence-electron chi connectivity index (χ1n) is 9.43. The molecule has 0 aliphatic carbocycles. The summed E-state index contributed by atoms with van der Waals surface area (Å²) in [7, 11) is 1.79. The molecule has 3 aliphatic rings. The van der Waals surface area contributed by atoms with E-state index in [1.54, 1.807) is 7.05 Å². The number of hydrogen-bond donors (Lipinski definition) is 2. The molecule has 3 saturated heterocycles. The highest BCUT2D eigenvalue weighted by atomic mass is 127. The molecule has 0 bridgehead atoms. The van der Waals surface area contributed by atoms with Gasteiger partial charge in [0.2, 0.25) is 5.91 Å². The van der Waals surface area contributed by atoms with Gasteiger partial charge in [-0.3, -0.25) is 14.7 Å². The van der Waals surface area contributed by atoms with E-state index in [-0.39, 0.29) is 42.5 Å². The van der Waals surface area contributed by atoms with Crippen molar-refractivity contribution in [2.75, 3.05) is 59.4 Å². The van der Waals surface area contributed by atoms with Crippen molar-refractivity contribution in [1.82, 2.24) is 25.3 Å². The third-order valence-corrected chi connectivity index (χ3v) is 5.32. The minimum absolute atomic E-state index is 0. The molecule has 0 saturated carbocycles. The molecule has 3 amide bonds. The van der Waals surface area contributed by atoms with Gasteiger partial charge in [0.15, 0.2) is 5.96 Å². The molecule has 0 spiro atoms. The molecule has 148 valence electrons. The van der Waals surface area contributed by atoms with Crippen LogP contribution in [0.15, 0.2) is 4.99 Å². The molecule has 8 nitrogen and oxygen atoms in total. The van der Waals surface area contributed by atoms with Crippen LogP contribution in [0.3, 0.4) is 0 Å². The van der Waals surface area contributed by atoms with Crippen LogP contribution in [0.25, 0.3) is 0 Å². The second kappa shape index (κ2) is 10.3. The predicted molar refractivity (Wildman–Crippen MR) is 112 cm³/mol. The van der Waals surface area contributed by atoms with Crippen molar-refractivity contribution >= 4 is 41.9 Å². The number of guanidine groups is 1. The number of piperidine rings is 1. The number of nitrogens with one attached hydrogen (secondary N) is 2. The van der Waals surface area contributed by atoms with E-state index in [0.717, 1.165) is 19.0 Å². The molecular formula is C17H31IN6O2. The maximum atomic E-state index is 11.6. The van der Waals surface area contributed by atoms with Crippen LogP contribution in [-0.2, 0) is 4.79 Å². The zero-order valence-corrected chi connectivity index (χ0v) is 17.9. The van der Waals surface area contributed by atoms with Gasteiger partial charge in [-0.15, -0.1) is 24.0 Å². The Labute approximate surface area is 172 Å². The topological polar surface area (TPSA) is 80.3 Å². The number of carbonyl (C=O) groups excluding carboxylic acids is 2. The zero-order valence-electron chi connectivity index (χ0n) is 15.6. The molecule has 26 heavy (non-hydrogen) atoms. The van der Waals surface area contributed by atoms with E-state index in [9.17, 15) is 9.59 Å². The highest BCUT2D eigenvalue weighted by molar-refractivity contribution is 14.0. The Bertz CT molecular complexity index is 507. The second-order valence-corrected chi connectivity index (χ2v) is 7.14. The minimum atomic E-state index is -0.301. The maximum absolute atomic E-state index is 11.6. The molecule has 0 aromatic heterocycles. The lowest BCUT2D eigenvalue weighted by atomic mass is 10.1. The van der Waals surface area contributed by atoms with Gasteiger partial charge in [0.1, 0.15) is 0 Å². The highest BCUT2D eigenvalue weighted by Crippen LogP contribution is 2.19. The lowest BCUT2D eigenvalue weighted by Gasteiger charge is -2.29. The standard InChI is InChI=1S/C17H30N6O2.HI/c1-18-16(19-6-10-23-15(24)11-20-17(23)25)22-9-5-14(13-22)12-21-7-3-2-4-8-21;/h14H,2-13H2,1H3,(H,18,19)(H,20,25);1H. The average Bonchev–Trinajstić information content (AvgIpc) is 3.20. The first kappa shape index (κ1) is 21.2. The van der Waals surface area contributed by atoms with Crippen LogP contribution in [0.1, 0.15) is 25.7 Å². The summed E-state index contributed by atoms with van der Waals surface area (Å²) < 4.78 is 0. The van der Waals surface area contributed by atoms with Crippen LogP contribution in [0, 0.1) is 5.92 Å². The lowest BCUT2D eigenvalue weighted by molar-refractivity contribution is -0.124. The van der Waals surface area contributed by atoms with Crippen molar-refractivity contribution in [3.05, 3.63) is 0 Å². The van der Waals surface area contributed by atoms with Gasteiger partial charge in [-0.05, 0) is 38.3 Å². The number of amides is 3. The number of aliphatic imine (C=N–C) groups is 1. The minimum Gasteiger partial charge on any atom is -0.354 e. The number of likely N-dealkylation sites (tertiary alicyclic amines) is 2.